The predicted octanol–water partition coefficient (Wildman–Crippen LogP) is 7.03. The van der Waals surface area contributed by atoms with Gasteiger partial charge in [0.2, 0.25) is 0 Å². The number of nitrogens with one attached hydrogen (secondary N) is 1. The Bertz CT molecular complexity index is 1670. The molecule has 1 N–H and O–H groups in total. The minimum absolute atomic E-state index is 0.00810. The van der Waals surface area contributed by atoms with Crippen LogP contribution in [0.3, 0.4) is 0 Å². The number of aromatic nitrogens is 2. The molecular weight excluding hydrogens is 562 g/mol. The molecule has 8 nitrogen and oxygen atoms in total. The van der Waals surface area contributed by atoms with E-state index < -0.39 is 0 Å². The molecule has 43 heavy (non-hydrogen) atoms. The number of piperidine rings is 1. The fraction of sp³-hybridized carbons (Fsp3) is 0.294. The van der Waals surface area contributed by atoms with E-state index in [-0.39, 0.29) is 24.9 Å². The number of carbonyl (C=O) groups excluding carboxylic acids is 1. The van der Waals surface area contributed by atoms with Crippen molar-refractivity contribution in [3.63, 3.8) is 0 Å². The van der Waals surface area contributed by atoms with E-state index in [2.05, 4.69) is 33.3 Å². The fourth-order valence-corrected chi connectivity index (χ4v) is 5.43. The summed E-state index contributed by atoms with van der Waals surface area (Å²) in [6.45, 7) is 3.68. The smallest absolute Gasteiger partial charge is 0.159 e. The van der Waals surface area contributed by atoms with E-state index in [1.54, 1.807) is 24.4 Å². The van der Waals surface area contributed by atoms with E-state index in [1.807, 2.05) is 49.4 Å². The minimum Gasteiger partial charge on any atom is -0.494 e. The van der Waals surface area contributed by atoms with Crippen molar-refractivity contribution in [2.45, 2.75) is 45.3 Å². The number of halogens is 1. The summed E-state index contributed by atoms with van der Waals surface area (Å²) in [4.78, 5) is 24.2. The van der Waals surface area contributed by atoms with Crippen molar-refractivity contribution in [3.05, 3.63) is 94.9 Å². The number of likely N-dealkylation sites (tertiary alicyclic amines) is 1. The van der Waals surface area contributed by atoms with E-state index in [4.69, 9.17) is 21.1 Å². The van der Waals surface area contributed by atoms with E-state index in [9.17, 15) is 10.1 Å². The Kier molecular flexibility index (Phi) is 9.88. The Morgan fingerprint density at radius 2 is 2.05 bits per heavy atom. The number of likely N-dealkylation sites (N-methyl/N-ethyl adjacent to an activating group) is 1. The highest BCUT2D eigenvalue weighted by molar-refractivity contribution is 6.32. The summed E-state index contributed by atoms with van der Waals surface area (Å²) < 4.78 is 11.8. The molecule has 0 spiro atoms. The lowest BCUT2D eigenvalue weighted by atomic mass is 9.99. The number of hydrogen-bond donors (Lipinski definition) is 1. The monoisotopic (exact) mass is 595 g/mol. The number of allylic oxidation sites excluding steroid dienone is 1. The minimum atomic E-state index is -0.00810. The molecule has 1 fully saturated rings. The molecule has 1 aliphatic heterocycles. The van der Waals surface area contributed by atoms with Crippen molar-refractivity contribution < 1.29 is 14.3 Å². The second-order valence-electron chi connectivity index (χ2n) is 10.5. The summed E-state index contributed by atoms with van der Waals surface area (Å²) >= 11 is 6.56. The van der Waals surface area contributed by atoms with Gasteiger partial charge in [-0.3, -0.25) is 19.7 Å². The molecule has 0 radical (unpaired) electrons. The van der Waals surface area contributed by atoms with E-state index in [0.717, 1.165) is 24.2 Å². The van der Waals surface area contributed by atoms with Crippen LogP contribution in [0, 0.1) is 11.3 Å². The van der Waals surface area contributed by atoms with Crippen LogP contribution in [0.4, 0.5) is 11.4 Å². The first-order valence-electron chi connectivity index (χ1n) is 14.4. The standard InChI is InChI=1S/C34H34ClN5O3/c1-3-42-33-19-31-29(17-23(33)16-28(41)12-11-27-9-5-7-15-40(27)2)34(24(20-36)21-38-31)39-25-10-13-32(30(35)18-25)43-22-26-8-4-6-14-37-26/h4,6,8,10-14,17-19,21,27H,3,5,7,9,15-16,22H2,1-2H3,(H,38,39)/b12-11+. The highest BCUT2D eigenvalue weighted by Crippen LogP contribution is 2.36. The Morgan fingerprint density at radius 3 is 2.79 bits per heavy atom. The molecule has 0 saturated carbocycles. The van der Waals surface area contributed by atoms with Gasteiger partial charge < -0.3 is 14.8 Å². The van der Waals surface area contributed by atoms with Crippen molar-refractivity contribution in [3.8, 4) is 17.6 Å². The van der Waals surface area contributed by atoms with E-state index in [0.29, 0.717) is 51.0 Å². The zero-order valence-corrected chi connectivity index (χ0v) is 25.1. The number of nitrogens with zero attached hydrogens (tertiary/aromatic N) is 4. The Balaban J connectivity index is 1.41. The molecular formula is C34H34ClN5O3. The molecule has 1 unspecified atom stereocenters. The Labute approximate surface area is 256 Å². The lowest BCUT2D eigenvalue weighted by molar-refractivity contribution is -0.114. The van der Waals surface area contributed by atoms with Gasteiger partial charge >= 0.3 is 0 Å². The number of fused-ring (bicyclic) bond motifs is 1. The average Bonchev–Trinajstić information content (AvgIpc) is 3.01. The van der Waals surface area contributed by atoms with Crippen LogP contribution in [0.2, 0.25) is 5.02 Å². The maximum absolute atomic E-state index is 13.1. The van der Waals surface area contributed by atoms with Crippen LogP contribution in [-0.4, -0.2) is 46.9 Å². The zero-order chi connectivity index (χ0) is 30.2. The molecule has 0 amide bonds. The van der Waals surface area contributed by atoms with Crippen molar-refractivity contribution in [2.24, 2.45) is 0 Å². The average molecular weight is 596 g/mol. The molecule has 2 aromatic carbocycles. The van der Waals surface area contributed by atoms with Gasteiger partial charge in [0, 0.05) is 47.6 Å². The van der Waals surface area contributed by atoms with Crippen LogP contribution in [0.5, 0.6) is 11.5 Å². The molecule has 220 valence electrons. The molecule has 0 bridgehead atoms. The van der Waals surface area contributed by atoms with E-state index >= 15 is 0 Å². The predicted molar refractivity (Wildman–Crippen MR) is 169 cm³/mol. The zero-order valence-electron chi connectivity index (χ0n) is 24.3. The topological polar surface area (TPSA) is 100 Å². The summed E-state index contributed by atoms with van der Waals surface area (Å²) in [6, 6.07) is 17.2. The number of pyridine rings is 2. The molecule has 1 saturated heterocycles. The second-order valence-corrected chi connectivity index (χ2v) is 10.9. The number of ether oxygens (including phenoxy) is 2. The van der Waals surface area contributed by atoms with Gasteiger partial charge in [-0.1, -0.05) is 30.2 Å². The maximum atomic E-state index is 13.1. The lowest BCUT2D eigenvalue weighted by Crippen LogP contribution is -2.34. The second kappa shape index (κ2) is 14.1. The van der Waals surface area contributed by atoms with Crippen LogP contribution < -0.4 is 14.8 Å². The number of carbonyl (C=O) groups is 1. The number of hydrogen-bond acceptors (Lipinski definition) is 8. The molecule has 4 aromatic rings. The number of anilines is 2. The number of nitriles is 1. The van der Waals surface area contributed by atoms with E-state index in [1.165, 1.54) is 19.0 Å². The van der Waals surface area contributed by atoms with Crippen LogP contribution in [0.1, 0.15) is 43.0 Å². The van der Waals surface area contributed by atoms with Gasteiger partial charge in [0.05, 0.1) is 34.1 Å². The third-order valence-electron chi connectivity index (χ3n) is 7.47. The number of rotatable bonds is 11. The van der Waals surface area contributed by atoms with Crippen LogP contribution in [-0.2, 0) is 17.8 Å². The van der Waals surface area contributed by atoms with Crippen molar-refractivity contribution >= 4 is 39.7 Å². The van der Waals surface area contributed by atoms with Gasteiger partial charge in [0.1, 0.15) is 24.2 Å². The summed E-state index contributed by atoms with van der Waals surface area (Å²) in [6.07, 6.45) is 10.5. The Hall–Kier alpha value is -4.45. The first kappa shape index (κ1) is 30.0. The summed E-state index contributed by atoms with van der Waals surface area (Å²) in [5.41, 5.74) is 3.77. The van der Waals surface area contributed by atoms with Gasteiger partial charge in [0.15, 0.2) is 5.78 Å². The maximum Gasteiger partial charge on any atom is 0.159 e. The summed E-state index contributed by atoms with van der Waals surface area (Å²) in [5, 5.41) is 14.4. The molecule has 9 heteroatoms. The lowest BCUT2D eigenvalue weighted by Gasteiger charge is -2.30. The molecule has 5 rings (SSSR count). The number of benzene rings is 2. The van der Waals surface area contributed by atoms with Crippen molar-refractivity contribution in [2.75, 3.05) is 25.5 Å². The molecule has 2 aromatic heterocycles. The van der Waals surface area contributed by atoms with Gasteiger partial charge in [-0.05, 0) is 75.8 Å². The first-order valence-corrected chi connectivity index (χ1v) is 14.8. The molecule has 1 aliphatic rings. The normalized spacial score (nSPS) is 15.3. The third-order valence-corrected chi connectivity index (χ3v) is 7.76. The van der Waals surface area contributed by atoms with Gasteiger partial charge in [0.25, 0.3) is 0 Å². The van der Waals surface area contributed by atoms with Gasteiger partial charge in [-0.15, -0.1) is 0 Å². The van der Waals surface area contributed by atoms with Crippen LogP contribution >= 0.6 is 11.6 Å². The molecule has 1 atom stereocenters. The fourth-order valence-electron chi connectivity index (χ4n) is 5.20. The summed E-state index contributed by atoms with van der Waals surface area (Å²) in [5.74, 6) is 1.12. The van der Waals surface area contributed by atoms with Crippen molar-refractivity contribution in [1.29, 1.82) is 5.26 Å². The van der Waals surface area contributed by atoms with Crippen molar-refractivity contribution in [1.82, 2.24) is 14.9 Å². The molecule has 0 aliphatic carbocycles. The molecule has 3 heterocycles. The highest BCUT2D eigenvalue weighted by Gasteiger charge is 2.18. The highest BCUT2D eigenvalue weighted by atomic mass is 35.5. The number of ketones is 1. The third kappa shape index (κ3) is 7.50. The SMILES string of the molecule is CCOc1cc2ncc(C#N)c(Nc3ccc(OCc4ccccn4)c(Cl)c3)c2cc1CC(=O)/C=C/C1CCCCN1C. The Morgan fingerprint density at radius 1 is 1.16 bits per heavy atom. The largest absolute Gasteiger partial charge is 0.494 e. The van der Waals surface area contributed by atoms with Crippen LogP contribution in [0.25, 0.3) is 10.9 Å². The quantitative estimate of drug-likeness (QED) is 0.184. The van der Waals surface area contributed by atoms with Gasteiger partial charge in [-0.25, -0.2) is 0 Å². The summed E-state index contributed by atoms with van der Waals surface area (Å²) in [7, 11) is 2.10. The van der Waals surface area contributed by atoms with Crippen LogP contribution in [0.15, 0.2) is 73.1 Å². The van der Waals surface area contributed by atoms with Gasteiger partial charge in [-0.2, -0.15) is 5.26 Å². The first-order chi connectivity index (χ1) is 20.9.